The molecule has 0 aromatic carbocycles. The molecule has 0 saturated heterocycles. The van der Waals surface area contributed by atoms with E-state index >= 15 is 0 Å². The van der Waals surface area contributed by atoms with Gasteiger partial charge in [0, 0.05) is 6.42 Å². The van der Waals surface area contributed by atoms with E-state index in [0.717, 1.165) is 57.8 Å². The Bertz CT molecular complexity index is 346. The van der Waals surface area contributed by atoms with E-state index < -0.39 is 5.97 Å². The normalized spacial score (nSPS) is 12.0. The molecule has 0 aromatic rings. The molecule has 1 N–H and O–H groups in total. The van der Waals surface area contributed by atoms with Crippen molar-refractivity contribution in [2.45, 2.75) is 71.1 Å². The Labute approximate surface area is 157 Å². The molecule has 0 rings (SSSR count). The summed E-state index contributed by atoms with van der Waals surface area (Å²) in [5.74, 6) is -0.613. The van der Waals surface area contributed by atoms with Crippen molar-refractivity contribution in [3.05, 3.63) is 36.1 Å². The van der Waals surface area contributed by atoms with Crippen molar-refractivity contribution in [3.8, 4) is 0 Å². The van der Waals surface area contributed by atoms with Gasteiger partial charge in [0.2, 0.25) is 0 Å². The number of carboxylic acid groups (broad SMARTS) is 1. The number of unbranched alkanes of at least 4 members (excludes halogenated alkanes) is 7. The Balaban J connectivity index is 0. The molecule has 0 unspecified atom stereocenters. The Morgan fingerprint density at radius 1 is 1.00 bits per heavy atom. The summed E-state index contributed by atoms with van der Waals surface area (Å²) in [6.07, 6.45) is 18.6. The Morgan fingerprint density at radius 3 is 2.36 bits per heavy atom. The van der Waals surface area contributed by atoms with Crippen LogP contribution in [0.4, 0.5) is 0 Å². The molecule has 0 amide bonds. The maximum absolute atomic E-state index is 11.4. The molecular weight excluding hydrogens is 287 g/mol. The summed E-state index contributed by atoms with van der Waals surface area (Å²) in [5.41, 5.74) is 0. The van der Waals surface area contributed by atoms with Crippen molar-refractivity contribution >= 4 is 5.97 Å². The van der Waals surface area contributed by atoms with Crippen LogP contribution in [0.2, 0.25) is 0 Å². The van der Waals surface area contributed by atoms with Gasteiger partial charge in [0.1, 0.15) is 0 Å². The Kier molecular flexibility index (Phi) is 20.0. The first-order valence-electron chi connectivity index (χ1n) is 8.09. The monoisotopic (exact) mass is 316 g/mol. The van der Waals surface area contributed by atoms with Crippen LogP contribution < -0.4 is 34.7 Å². The van der Waals surface area contributed by atoms with Crippen molar-refractivity contribution in [2.24, 2.45) is 0 Å². The molecule has 0 atom stereocenters. The number of carboxylic acids is 1. The van der Waals surface area contributed by atoms with E-state index in [2.05, 4.69) is 13.0 Å². The first kappa shape index (κ1) is 23.8. The summed E-state index contributed by atoms with van der Waals surface area (Å²) in [4.78, 5) is 10.3. The van der Waals surface area contributed by atoms with Gasteiger partial charge in [-0.05, 0) is 25.7 Å². The third kappa shape index (κ3) is 19.5. The van der Waals surface area contributed by atoms with Crippen molar-refractivity contribution in [1.82, 2.24) is 0 Å². The fourth-order valence-corrected chi connectivity index (χ4v) is 1.91. The summed E-state index contributed by atoms with van der Waals surface area (Å²) < 4.78 is 0. The standard InChI is InChI=1S/C18H30O3.Na/c1-2-3-11-14-17(19)15-12-9-7-5-4-6-8-10-13-16-18(20)21;/h7,9,12,14-15,19H,2-6,8,10-11,13,16H2,1H3,(H,20,21);/q;+1/p-1/b9-7+,15-12+,17-14-;. The SMILES string of the molecule is CCCC/C=C([O-])/C=C/C=C/CCCCCCCC(=O)O.[Na+]. The molecule has 0 fully saturated rings. The number of rotatable bonds is 13. The molecular formula is C18H29NaO3. The molecule has 0 aliphatic heterocycles. The predicted octanol–water partition coefficient (Wildman–Crippen LogP) is 1.35. The molecule has 3 nitrogen and oxygen atoms in total. The largest absolute Gasteiger partial charge is 1.00 e. The topological polar surface area (TPSA) is 60.4 Å². The molecule has 22 heavy (non-hydrogen) atoms. The van der Waals surface area contributed by atoms with E-state index in [-0.39, 0.29) is 41.7 Å². The van der Waals surface area contributed by atoms with Crippen LogP contribution in [-0.2, 0) is 4.79 Å². The summed E-state index contributed by atoms with van der Waals surface area (Å²) in [7, 11) is 0. The molecule has 0 radical (unpaired) electrons. The molecule has 0 aliphatic rings. The molecule has 0 saturated carbocycles. The van der Waals surface area contributed by atoms with Gasteiger partial charge in [-0.25, -0.2) is 0 Å². The van der Waals surface area contributed by atoms with Crippen LogP contribution in [0.25, 0.3) is 0 Å². The molecule has 0 heterocycles. The predicted molar refractivity (Wildman–Crippen MR) is 85.8 cm³/mol. The summed E-state index contributed by atoms with van der Waals surface area (Å²) >= 11 is 0. The van der Waals surface area contributed by atoms with Crippen LogP contribution in [0.5, 0.6) is 0 Å². The first-order chi connectivity index (χ1) is 10.2. The number of hydrogen-bond donors (Lipinski definition) is 1. The average molecular weight is 316 g/mol. The zero-order chi connectivity index (χ0) is 15.8. The third-order valence-electron chi connectivity index (χ3n) is 3.17. The molecule has 0 aromatic heterocycles. The van der Waals surface area contributed by atoms with E-state index in [9.17, 15) is 9.90 Å². The Hall–Kier alpha value is -0.510. The van der Waals surface area contributed by atoms with Crippen LogP contribution in [0.15, 0.2) is 36.1 Å². The van der Waals surface area contributed by atoms with Gasteiger partial charge in [0.15, 0.2) is 0 Å². The first-order valence-corrected chi connectivity index (χ1v) is 8.09. The van der Waals surface area contributed by atoms with E-state index in [4.69, 9.17) is 5.11 Å². The van der Waals surface area contributed by atoms with E-state index in [0.29, 0.717) is 0 Å². The molecule has 120 valence electrons. The fourth-order valence-electron chi connectivity index (χ4n) is 1.91. The van der Waals surface area contributed by atoms with Crippen molar-refractivity contribution in [3.63, 3.8) is 0 Å². The second-order valence-electron chi connectivity index (χ2n) is 5.24. The van der Waals surface area contributed by atoms with Crippen molar-refractivity contribution < 1.29 is 44.6 Å². The van der Waals surface area contributed by atoms with Gasteiger partial charge in [-0.2, -0.15) is 0 Å². The second-order valence-corrected chi connectivity index (χ2v) is 5.24. The summed E-state index contributed by atoms with van der Waals surface area (Å²) in [5, 5.41) is 19.9. The van der Waals surface area contributed by atoms with Gasteiger partial charge >= 0.3 is 35.5 Å². The Morgan fingerprint density at radius 2 is 1.68 bits per heavy atom. The van der Waals surface area contributed by atoms with Crippen LogP contribution in [0, 0.1) is 0 Å². The average Bonchev–Trinajstić information content (AvgIpc) is 2.44. The van der Waals surface area contributed by atoms with Crippen molar-refractivity contribution in [2.75, 3.05) is 0 Å². The summed E-state index contributed by atoms with van der Waals surface area (Å²) in [6, 6.07) is 0. The number of aliphatic carboxylic acids is 1. The zero-order valence-electron chi connectivity index (χ0n) is 14.2. The van der Waals surface area contributed by atoms with Crippen molar-refractivity contribution in [1.29, 1.82) is 0 Å². The smallest absolute Gasteiger partial charge is 0.873 e. The van der Waals surface area contributed by atoms with Gasteiger partial charge in [0.05, 0.1) is 0 Å². The third-order valence-corrected chi connectivity index (χ3v) is 3.17. The minimum absolute atomic E-state index is 0. The minimum Gasteiger partial charge on any atom is -0.873 e. The van der Waals surface area contributed by atoms with Crippen LogP contribution in [0.1, 0.15) is 71.1 Å². The zero-order valence-corrected chi connectivity index (χ0v) is 16.2. The van der Waals surface area contributed by atoms with Gasteiger partial charge in [-0.1, -0.05) is 69.4 Å². The van der Waals surface area contributed by atoms with Gasteiger partial charge in [-0.3, -0.25) is 4.79 Å². The van der Waals surface area contributed by atoms with Gasteiger partial charge < -0.3 is 10.2 Å². The maximum Gasteiger partial charge on any atom is 1.00 e. The minimum atomic E-state index is -0.703. The summed E-state index contributed by atoms with van der Waals surface area (Å²) in [6.45, 7) is 2.11. The number of allylic oxidation sites excluding steroid dienone is 5. The van der Waals surface area contributed by atoms with E-state index in [1.165, 1.54) is 0 Å². The fraction of sp³-hybridized carbons (Fsp3) is 0.611. The van der Waals surface area contributed by atoms with E-state index in [1.54, 1.807) is 18.2 Å². The maximum atomic E-state index is 11.4. The van der Waals surface area contributed by atoms with E-state index in [1.807, 2.05) is 6.08 Å². The van der Waals surface area contributed by atoms with Crippen LogP contribution >= 0.6 is 0 Å². The second kappa shape index (κ2) is 18.5. The molecule has 0 aliphatic carbocycles. The molecule has 0 spiro atoms. The van der Waals surface area contributed by atoms with Gasteiger partial charge in [0.25, 0.3) is 0 Å². The van der Waals surface area contributed by atoms with Crippen LogP contribution in [0.3, 0.4) is 0 Å². The van der Waals surface area contributed by atoms with Gasteiger partial charge in [-0.15, -0.1) is 5.76 Å². The quantitative estimate of drug-likeness (QED) is 0.241. The molecule has 0 bridgehead atoms. The molecule has 4 heteroatoms. The number of carbonyl (C=O) groups is 1. The van der Waals surface area contributed by atoms with Crippen LogP contribution in [-0.4, -0.2) is 11.1 Å². The number of hydrogen-bond acceptors (Lipinski definition) is 2.